The molecule has 0 saturated carbocycles. The van der Waals surface area contributed by atoms with Crippen LogP contribution >= 0.6 is 11.6 Å². The zero-order valence-electron chi connectivity index (χ0n) is 9.43. The Morgan fingerprint density at radius 3 is 2.29 bits per heavy atom. The Morgan fingerprint density at radius 1 is 1.06 bits per heavy atom. The summed E-state index contributed by atoms with van der Waals surface area (Å²) in [5, 5.41) is 0. The number of ether oxygens (including phenoxy) is 1. The van der Waals surface area contributed by atoms with Crippen LogP contribution in [-0.2, 0) is 12.3 Å². The van der Waals surface area contributed by atoms with Crippen LogP contribution in [0.5, 0.6) is 5.88 Å². The molecule has 4 nitrogen and oxygen atoms in total. The fraction of sp³-hybridized carbons (Fsp3) is 0.250. The number of hydrogen-bond donors (Lipinski definition) is 0. The van der Waals surface area contributed by atoms with Crippen molar-refractivity contribution in [3.8, 4) is 5.88 Å². The maximum Gasteiger partial charge on any atom is 0.212 e. The minimum atomic E-state index is 0.435. The lowest BCUT2D eigenvalue weighted by Crippen LogP contribution is -1.98. The predicted octanol–water partition coefficient (Wildman–Crippen LogP) is 2.21. The van der Waals surface area contributed by atoms with Crippen LogP contribution in [0.4, 0.5) is 0 Å². The molecule has 0 spiro atoms. The molecular weight excluding hydrogens is 238 g/mol. The first-order chi connectivity index (χ1) is 8.31. The number of aromatic nitrogens is 3. The molecule has 0 aromatic carbocycles. The molecule has 2 aromatic rings. The van der Waals surface area contributed by atoms with Gasteiger partial charge in [-0.15, -0.1) is 11.6 Å². The third kappa shape index (κ3) is 3.14. The van der Waals surface area contributed by atoms with E-state index in [4.69, 9.17) is 16.3 Å². The highest BCUT2D eigenvalue weighted by Crippen LogP contribution is 2.10. The van der Waals surface area contributed by atoms with Crippen molar-refractivity contribution >= 4 is 11.6 Å². The zero-order chi connectivity index (χ0) is 12.1. The van der Waals surface area contributed by atoms with E-state index in [0.717, 1.165) is 17.0 Å². The summed E-state index contributed by atoms with van der Waals surface area (Å²) in [4.78, 5) is 12.6. The zero-order valence-corrected chi connectivity index (χ0v) is 10.2. The van der Waals surface area contributed by atoms with Crippen LogP contribution in [0.25, 0.3) is 0 Å². The lowest BCUT2D eigenvalue weighted by Gasteiger charge is -2.02. The van der Waals surface area contributed by atoms with Crippen molar-refractivity contribution in [1.29, 1.82) is 0 Å². The molecule has 2 heterocycles. The quantitative estimate of drug-likeness (QED) is 0.780. The molecule has 0 aliphatic heterocycles. The van der Waals surface area contributed by atoms with Gasteiger partial charge in [-0.2, -0.15) is 0 Å². The van der Waals surface area contributed by atoms with Gasteiger partial charge in [0.25, 0.3) is 0 Å². The Kier molecular flexibility index (Phi) is 3.88. The molecule has 17 heavy (non-hydrogen) atoms. The number of rotatable bonds is 4. The van der Waals surface area contributed by atoms with Crippen molar-refractivity contribution in [1.82, 2.24) is 15.0 Å². The standard InChI is InChI=1S/C12H12ClN3O/c1-17-12-3-2-9(6-16-12)4-11-14-7-10(5-13)8-15-11/h2-3,6-8H,4-5H2,1H3. The average Bonchev–Trinajstić information content (AvgIpc) is 2.40. The van der Waals surface area contributed by atoms with Crippen molar-refractivity contribution in [2.75, 3.05) is 7.11 Å². The van der Waals surface area contributed by atoms with Crippen molar-refractivity contribution in [2.45, 2.75) is 12.3 Å². The Labute approximate surface area is 105 Å². The minimum Gasteiger partial charge on any atom is -0.481 e. The molecule has 5 heteroatoms. The summed E-state index contributed by atoms with van der Waals surface area (Å²) in [5.74, 6) is 1.79. The van der Waals surface area contributed by atoms with Crippen LogP contribution in [0.15, 0.2) is 30.7 Å². The van der Waals surface area contributed by atoms with Crippen molar-refractivity contribution in [3.05, 3.63) is 47.7 Å². The third-order valence-electron chi connectivity index (χ3n) is 2.28. The van der Waals surface area contributed by atoms with E-state index < -0.39 is 0 Å². The highest BCUT2D eigenvalue weighted by atomic mass is 35.5. The summed E-state index contributed by atoms with van der Waals surface area (Å²) in [5.41, 5.74) is 1.97. The molecule has 0 aliphatic rings. The molecule has 0 N–H and O–H groups in total. The second-order valence-corrected chi connectivity index (χ2v) is 3.79. The lowest BCUT2D eigenvalue weighted by molar-refractivity contribution is 0.397. The number of nitrogens with zero attached hydrogens (tertiary/aromatic N) is 3. The van der Waals surface area contributed by atoms with Crippen LogP contribution < -0.4 is 4.74 Å². The molecule has 88 valence electrons. The second kappa shape index (κ2) is 5.59. The van der Waals surface area contributed by atoms with Crippen LogP contribution in [0, 0.1) is 0 Å². The lowest BCUT2D eigenvalue weighted by atomic mass is 10.2. The number of halogens is 1. The Bertz CT molecular complexity index is 425. The topological polar surface area (TPSA) is 47.9 Å². The molecule has 0 aliphatic carbocycles. The molecule has 0 bridgehead atoms. The minimum absolute atomic E-state index is 0.435. The van der Waals surface area contributed by atoms with Crippen LogP contribution in [0.3, 0.4) is 0 Å². The van der Waals surface area contributed by atoms with Crippen LogP contribution in [-0.4, -0.2) is 22.1 Å². The Balaban J connectivity index is 2.08. The predicted molar refractivity (Wildman–Crippen MR) is 65.2 cm³/mol. The first-order valence-corrected chi connectivity index (χ1v) is 5.70. The molecule has 0 radical (unpaired) electrons. The van der Waals surface area contributed by atoms with Gasteiger partial charge in [-0.25, -0.2) is 15.0 Å². The van der Waals surface area contributed by atoms with Gasteiger partial charge in [0.2, 0.25) is 5.88 Å². The largest absolute Gasteiger partial charge is 0.481 e. The van der Waals surface area contributed by atoms with E-state index in [1.807, 2.05) is 12.1 Å². The molecule has 2 rings (SSSR count). The summed E-state index contributed by atoms with van der Waals surface area (Å²) >= 11 is 5.67. The van der Waals surface area contributed by atoms with Gasteiger partial charge in [0.05, 0.1) is 13.0 Å². The number of methoxy groups -OCH3 is 1. The molecule has 0 fully saturated rings. The van der Waals surface area contributed by atoms with Gasteiger partial charge < -0.3 is 4.74 Å². The van der Waals surface area contributed by atoms with Gasteiger partial charge in [0.15, 0.2) is 0 Å². The first-order valence-electron chi connectivity index (χ1n) is 5.16. The summed E-state index contributed by atoms with van der Waals surface area (Å²) in [6, 6.07) is 3.77. The van der Waals surface area contributed by atoms with Gasteiger partial charge in [0, 0.05) is 36.6 Å². The van der Waals surface area contributed by atoms with E-state index in [-0.39, 0.29) is 0 Å². The maximum absolute atomic E-state index is 5.67. The monoisotopic (exact) mass is 249 g/mol. The fourth-order valence-corrected chi connectivity index (χ4v) is 1.50. The van der Waals surface area contributed by atoms with E-state index in [2.05, 4.69) is 15.0 Å². The van der Waals surface area contributed by atoms with E-state index >= 15 is 0 Å². The van der Waals surface area contributed by atoms with E-state index in [1.54, 1.807) is 25.7 Å². The van der Waals surface area contributed by atoms with Gasteiger partial charge in [-0.1, -0.05) is 6.07 Å². The van der Waals surface area contributed by atoms with Crippen LogP contribution in [0.1, 0.15) is 17.0 Å². The SMILES string of the molecule is COc1ccc(Cc2ncc(CCl)cn2)cn1. The van der Waals surface area contributed by atoms with Gasteiger partial charge in [-0.3, -0.25) is 0 Å². The normalized spacial score (nSPS) is 10.2. The summed E-state index contributed by atoms with van der Waals surface area (Å²) in [6.07, 6.45) is 5.90. The fourth-order valence-electron chi connectivity index (χ4n) is 1.36. The van der Waals surface area contributed by atoms with Crippen molar-refractivity contribution in [2.24, 2.45) is 0 Å². The van der Waals surface area contributed by atoms with Gasteiger partial charge in [0.1, 0.15) is 5.82 Å². The Hall–Kier alpha value is -1.68. The summed E-state index contributed by atoms with van der Waals surface area (Å²) < 4.78 is 4.99. The molecule has 0 unspecified atom stereocenters. The van der Waals surface area contributed by atoms with E-state index in [9.17, 15) is 0 Å². The molecule has 0 atom stereocenters. The van der Waals surface area contributed by atoms with E-state index in [1.165, 1.54) is 0 Å². The van der Waals surface area contributed by atoms with Crippen LogP contribution in [0.2, 0.25) is 0 Å². The number of hydrogen-bond acceptors (Lipinski definition) is 4. The molecule has 2 aromatic heterocycles. The molecule has 0 amide bonds. The van der Waals surface area contributed by atoms with Crippen molar-refractivity contribution in [3.63, 3.8) is 0 Å². The highest BCUT2D eigenvalue weighted by molar-refractivity contribution is 6.17. The third-order valence-corrected chi connectivity index (χ3v) is 2.59. The number of pyridine rings is 1. The average molecular weight is 250 g/mol. The Morgan fingerprint density at radius 2 is 1.76 bits per heavy atom. The summed E-state index contributed by atoms with van der Waals surface area (Å²) in [6.45, 7) is 0. The second-order valence-electron chi connectivity index (χ2n) is 3.53. The van der Waals surface area contributed by atoms with Gasteiger partial charge >= 0.3 is 0 Å². The molecule has 0 saturated heterocycles. The number of alkyl halides is 1. The van der Waals surface area contributed by atoms with E-state index in [0.29, 0.717) is 18.2 Å². The highest BCUT2D eigenvalue weighted by Gasteiger charge is 2.01. The van der Waals surface area contributed by atoms with Crippen molar-refractivity contribution < 1.29 is 4.74 Å². The maximum atomic E-state index is 5.67. The van der Waals surface area contributed by atoms with Gasteiger partial charge in [-0.05, 0) is 5.56 Å². The summed E-state index contributed by atoms with van der Waals surface area (Å²) in [7, 11) is 1.59. The molecular formula is C12H12ClN3O. The first kappa shape index (κ1) is 11.8. The smallest absolute Gasteiger partial charge is 0.212 e.